The summed E-state index contributed by atoms with van der Waals surface area (Å²) in [4.78, 5) is 19.9. The molecule has 0 spiro atoms. The van der Waals surface area contributed by atoms with E-state index in [0.717, 1.165) is 48.4 Å². The van der Waals surface area contributed by atoms with Crippen LogP contribution < -0.4 is 10.2 Å². The lowest BCUT2D eigenvalue weighted by Gasteiger charge is -2.28. The third kappa shape index (κ3) is 4.68. The van der Waals surface area contributed by atoms with Gasteiger partial charge in [0.05, 0.1) is 23.8 Å². The van der Waals surface area contributed by atoms with Crippen LogP contribution in [0.1, 0.15) is 0 Å². The molecule has 0 unspecified atom stereocenters. The predicted molar refractivity (Wildman–Crippen MR) is 109 cm³/mol. The van der Waals surface area contributed by atoms with E-state index >= 15 is 0 Å². The maximum atomic E-state index is 12.2. The summed E-state index contributed by atoms with van der Waals surface area (Å²) >= 11 is 2.90. The van der Waals surface area contributed by atoms with Gasteiger partial charge < -0.3 is 15.0 Å². The third-order valence-electron chi connectivity index (χ3n) is 4.08. The average molecular weight is 402 g/mol. The molecular formula is C18H19N5O2S2. The Labute approximate surface area is 165 Å². The molecule has 4 rings (SSSR count). The van der Waals surface area contributed by atoms with Crippen molar-refractivity contribution >= 4 is 40.4 Å². The molecule has 1 amide bonds. The van der Waals surface area contributed by atoms with Crippen molar-refractivity contribution in [1.29, 1.82) is 0 Å². The number of thiophene rings is 1. The second-order valence-electron chi connectivity index (χ2n) is 5.93. The van der Waals surface area contributed by atoms with E-state index in [1.165, 1.54) is 11.8 Å². The van der Waals surface area contributed by atoms with Gasteiger partial charge in [0.15, 0.2) is 5.82 Å². The number of morpholine rings is 1. The van der Waals surface area contributed by atoms with Crippen LogP contribution in [-0.2, 0) is 9.53 Å². The molecule has 7 nitrogen and oxygen atoms in total. The molecule has 0 bridgehead atoms. The van der Waals surface area contributed by atoms with Gasteiger partial charge in [0.2, 0.25) is 11.1 Å². The van der Waals surface area contributed by atoms with Gasteiger partial charge in [-0.25, -0.2) is 4.98 Å². The van der Waals surface area contributed by atoms with Crippen molar-refractivity contribution in [3.05, 3.63) is 41.8 Å². The number of amides is 1. The van der Waals surface area contributed by atoms with Crippen molar-refractivity contribution in [1.82, 2.24) is 15.2 Å². The molecule has 2 N–H and O–H groups in total. The Morgan fingerprint density at radius 1 is 1.26 bits per heavy atom. The van der Waals surface area contributed by atoms with Gasteiger partial charge in [-0.1, -0.05) is 17.8 Å². The van der Waals surface area contributed by atoms with Gasteiger partial charge in [0, 0.05) is 24.5 Å². The monoisotopic (exact) mass is 401 g/mol. The molecule has 3 aromatic rings. The summed E-state index contributed by atoms with van der Waals surface area (Å²) in [7, 11) is 0. The minimum atomic E-state index is -0.0819. The Balaban J connectivity index is 1.28. The lowest BCUT2D eigenvalue weighted by molar-refractivity contribution is -0.113. The van der Waals surface area contributed by atoms with Gasteiger partial charge in [-0.2, -0.15) is 0 Å². The number of aromatic nitrogens is 3. The first-order valence-electron chi connectivity index (χ1n) is 8.59. The molecule has 0 radical (unpaired) electrons. The number of aromatic amines is 1. The summed E-state index contributed by atoms with van der Waals surface area (Å²) in [6, 6.07) is 11.8. The summed E-state index contributed by atoms with van der Waals surface area (Å²) in [5.41, 5.74) is 1.93. The van der Waals surface area contributed by atoms with Crippen LogP contribution in [0.2, 0.25) is 0 Å². The first-order valence-corrected chi connectivity index (χ1v) is 10.5. The highest BCUT2D eigenvalue weighted by atomic mass is 32.2. The Morgan fingerprint density at radius 3 is 2.81 bits per heavy atom. The highest BCUT2D eigenvalue weighted by Gasteiger charge is 2.12. The summed E-state index contributed by atoms with van der Waals surface area (Å²) in [6.07, 6.45) is 0. The number of carbonyl (C=O) groups is 1. The molecular weight excluding hydrogens is 382 g/mol. The van der Waals surface area contributed by atoms with Crippen LogP contribution in [0.15, 0.2) is 46.9 Å². The summed E-state index contributed by atoms with van der Waals surface area (Å²) < 4.78 is 5.37. The predicted octanol–water partition coefficient (Wildman–Crippen LogP) is 3.10. The van der Waals surface area contributed by atoms with Crippen LogP contribution in [0.25, 0.3) is 10.7 Å². The normalized spacial score (nSPS) is 14.3. The second-order valence-corrected chi connectivity index (χ2v) is 7.82. The maximum absolute atomic E-state index is 12.2. The standard InChI is InChI=1S/C18H19N5O2S2/c24-16(12-27-18-20-17(21-22-18)15-2-1-11-26-15)19-13-3-5-14(6-4-13)23-7-9-25-10-8-23/h1-6,11H,7-10,12H2,(H,19,24)(H,20,21,22). The highest BCUT2D eigenvalue weighted by Crippen LogP contribution is 2.23. The number of ether oxygens (including phenoxy) is 1. The molecule has 3 heterocycles. The number of H-pyrrole nitrogens is 1. The largest absolute Gasteiger partial charge is 0.378 e. The van der Waals surface area contributed by atoms with E-state index < -0.39 is 0 Å². The number of benzene rings is 1. The van der Waals surface area contributed by atoms with Crippen molar-refractivity contribution in [2.45, 2.75) is 5.16 Å². The van der Waals surface area contributed by atoms with Crippen LogP contribution in [-0.4, -0.2) is 53.1 Å². The van der Waals surface area contributed by atoms with E-state index in [1.807, 2.05) is 41.8 Å². The fourth-order valence-corrected chi connectivity index (χ4v) is 4.00. The maximum Gasteiger partial charge on any atom is 0.234 e. The Morgan fingerprint density at radius 2 is 2.07 bits per heavy atom. The first-order chi connectivity index (χ1) is 13.3. The molecule has 1 aromatic carbocycles. The minimum absolute atomic E-state index is 0.0819. The number of nitrogens with one attached hydrogen (secondary N) is 2. The zero-order valence-corrected chi connectivity index (χ0v) is 16.2. The number of hydrogen-bond acceptors (Lipinski definition) is 7. The molecule has 1 saturated heterocycles. The second kappa shape index (κ2) is 8.55. The number of hydrogen-bond donors (Lipinski definition) is 2. The van der Waals surface area contributed by atoms with Crippen LogP contribution >= 0.6 is 23.1 Å². The number of carbonyl (C=O) groups excluding carboxylic acids is 1. The van der Waals surface area contributed by atoms with Crippen LogP contribution in [0, 0.1) is 0 Å². The zero-order valence-electron chi connectivity index (χ0n) is 14.6. The van der Waals surface area contributed by atoms with Gasteiger partial charge in [-0.05, 0) is 35.7 Å². The molecule has 27 heavy (non-hydrogen) atoms. The molecule has 0 atom stereocenters. The number of rotatable bonds is 6. The number of nitrogens with zero attached hydrogens (tertiary/aromatic N) is 3. The molecule has 9 heteroatoms. The van der Waals surface area contributed by atoms with Crippen molar-refractivity contribution in [2.75, 3.05) is 42.3 Å². The van der Waals surface area contributed by atoms with E-state index in [-0.39, 0.29) is 11.7 Å². The lowest BCUT2D eigenvalue weighted by Crippen LogP contribution is -2.36. The van der Waals surface area contributed by atoms with Crippen molar-refractivity contribution in [3.63, 3.8) is 0 Å². The van der Waals surface area contributed by atoms with Crippen molar-refractivity contribution < 1.29 is 9.53 Å². The fourth-order valence-electron chi connectivity index (χ4n) is 2.74. The van der Waals surface area contributed by atoms with Crippen molar-refractivity contribution in [2.24, 2.45) is 0 Å². The smallest absolute Gasteiger partial charge is 0.234 e. The van der Waals surface area contributed by atoms with Gasteiger partial charge in [-0.15, -0.1) is 16.4 Å². The van der Waals surface area contributed by atoms with Gasteiger partial charge in [0.25, 0.3) is 0 Å². The van der Waals surface area contributed by atoms with E-state index in [9.17, 15) is 4.79 Å². The molecule has 1 aliphatic heterocycles. The summed E-state index contributed by atoms with van der Waals surface area (Å²) in [5.74, 6) is 0.903. The number of anilines is 2. The van der Waals surface area contributed by atoms with E-state index in [1.54, 1.807) is 11.3 Å². The number of thioether (sulfide) groups is 1. The molecule has 1 aliphatic rings. The van der Waals surface area contributed by atoms with Crippen LogP contribution in [0.4, 0.5) is 11.4 Å². The Bertz CT molecular complexity index is 874. The SMILES string of the molecule is O=C(CSc1n[nH]c(-c2cccs2)n1)Nc1ccc(N2CCOCC2)cc1. The van der Waals surface area contributed by atoms with E-state index in [4.69, 9.17) is 4.74 Å². The average Bonchev–Trinajstić information content (AvgIpc) is 3.39. The molecule has 140 valence electrons. The first kappa shape index (κ1) is 18.0. The molecule has 0 aliphatic carbocycles. The van der Waals surface area contributed by atoms with Crippen LogP contribution in [0.3, 0.4) is 0 Å². The summed E-state index contributed by atoms with van der Waals surface area (Å²) in [6.45, 7) is 3.30. The van der Waals surface area contributed by atoms with Gasteiger partial charge in [-0.3, -0.25) is 9.89 Å². The van der Waals surface area contributed by atoms with Crippen LogP contribution in [0.5, 0.6) is 0 Å². The van der Waals surface area contributed by atoms with Gasteiger partial charge in [0.1, 0.15) is 0 Å². The topological polar surface area (TPSA) is 83.1 Å². The molecule has 2 aromatic heterocycles. The van der Waals surface area contributed by atoms with Crippen molar-refractivity contribution in [3.8, 4) is 10.7 Å². The minimum Gasteiger partial charge on any atom is -0.378 e. The lowest BCUT2D eigenvalue weighted by atomic mass is 10.2. The highest BCUT2D eigenvalue weighted by molar-refractivity contribution is 7.99. The van der Waals surface area contributed by atoms with E-state index in [2.05, 4.69) is 25.4 Å². The van der Waals surface area contributed by atoms with Gasteiger partial charge >= 0.3 is 0 Å². The van der Waals surface area contributed by atoms with E-state index in [0.29, 0.717) is 5.16 Å². The Kier molecular flexibility index (Phi) is 5.71. The molecule has 0 saturated carbocycles. The third-order valence-corrected chi connectivity index (χ3v) is 5.80. The quantitative estimate of drug-likeness (QED) is 0.618. The molecule has 1 fully saturated rings. The zero-order chi connectivity index (χ0) is 18.5. The summed E-state index contributed by atoms with van der Waals surface area (Å²) in [5, 5.41) is 12.5. The fraction of sp³-hybridized carbons (Fsp3) is 0.278. The Hall–Kier alpha value is -2.36.